The number of anilines is 2. The molecule has 0 spiro atoms. The molecule has 7 rings (SSSR count). The Morgan fingerprint density at radius 2 is 1.72 bits per heavy atom. The predicted molar refractivity (Wildman–Crippen MR) is 147 cm³/mol. The number of nitrogen functional groups attached to an aromatic ring is 2. The Labute approximate surface area is 244 Å². The fourth-order valence-corrected chi connectivity index (χ4v) is 8.62. The molecule has 10 atom stereocenters. The summed E-state index contributed by atoms with van der Waals surface area (Å²) in [5.41, 5.74) is 11.5. The first kappa shape index (κ1) is 28.8. The molecule has 0 aromatic carbocycles. The smallest absolute Gasteiger partial charge is 0.319 e. The minimum absolute atomic E-state index is 0.0147. The van der Waals surface area contributed by atoms with Gasteiger partial charge >= 0.3 is 16.5 Å². The van der Waals surface area contributed by atoms with Gasteiger partial charge in [0, 0.05) is 0 Å². The molecule has 3 saturated heterocycles. The lowest BCUT2D eigenvalue weighted by Gasteiger charge is -2.23. The number of hydrogen-bond donors (Lipinski definition) is 4. The molecule has 23 heteroatoms. The van der Waals surface area contributed by atoms with Crippen molar-refractivity contribution < 1.29 is 41.5 Å². The molecule has 2 unspecified atom stereocenters. The second-order valence-corrected chi connectivity index (χ2v) is 13.1. The molecular weight excluding hydrogens is 637 g/mol. The molecule has 19 nitrogen and oxygen atoms in total. The summed E-state index contributed by atoms with van der Waals surface area (Å²) in [6.45, 7) is -0.810. The second kappa shape index (κ2) is 11.2. The Morgan fingerprint density at radius 3 is 2.53 bits per heavy atom. The van der Waals surface area contributed by atoms with E-state index in [9.17, 15) is 19.0 Å². The van der Waals surface area contributed by atoms with Crippen LogP contribution in [-0.2, 0) is 32.0 Å². The second-order valence-electron chi connectivity index (χ2n) is 9.71. The Bertz CT molecular complexity index is 1810. The topological polar surface area (TPSA) is 260 Å². The van der Waals surface area contributed by atoms with E-state index in [1.165, 1.54) is 28.1 Å². The number of nitrogens with one attached hydrogen (secondary N) is 1. The molecule has 2 bridgehead atoms. The van der Waals surface area contributed by atoms with Crippen molar-refractivity contribution in [3.05, 3.63) is 29.3 Å². The molecule has 230 valence electrons. The third-order valence-electron chi connectivity index (χ3n) is 7.16. The maximum Gasteiger partial charge on any atom is 0.319 e. The molecule has 0 saturated carbocycles. The summed E-state index contributed by atoms with van der Waals surface area (Å²) < 4.78 is 72.3. The third kappa shape index (κ3) is 5.03. The summed E-state index contributed by atoms with van der Waals surface area (Å²) >= 11 is 1.10. The van der Waals surface area contributed by atoms with Crippen molar-refractivity contribution in [2.24, 2.45) is 0 Å². The number of H-pyrrole nitrogens is 1. The van der Waals surface area contributed by atoms with Crippen LogP contribution in [0.25, 0.3) is 22.3 Å². The first-order valence-electron chi connectivity index (χ1n) is 12.6. The van der Waals surface area contributed by atoms with Gasteiger partial charge in [0.05, 0.1) is 37.2 Å². The monoisotopic (exact) mass is 660 g/mol. The first-order chi connectivity index (χ1) is 20.7. The maximum atomic E-state index is 15.8. The zero-order chi connectivity index (χ0) is 30.0. The lowest BCUT2D eigenvalue weighted by atomic mass is 10.1. The van der Waals surface area contributed by atoms with Crippen LogP contribution in [0.1, 0.15) is 11.6 Å². The van der Waals surface area contributed by atoms with Gasteiger partial charge in [-0.1, -0.05) is 0 Å². The average molecular weight is 660 g/mol. The highest BCUT2D eigenvalue weighted by Crippen LogP contribution is 2.50. The Kier molecular flexibility index (Phi) is 7.47. The molecule has 4 aromatic heterocycles. The number of nitrogens with zero attached hydrogens (tertiary/aromatic N) is 7. The zero-order valence-electron chi connectivity index (χ0n) is 21.5. The minimum atomic E-state index is -3.36. The number of alkyl halides is 1. The standard InChI is InChI=1S/C20H23FN10O9P2S/c21-8-12-6(38-18(8)30-4-26-9-14(22)24-3-25-15(9)30)1-36-41(34)40-13-11(32)7(2-37-42(35)39-12)43-19(13)31-5-27-10-16(31)28-20(23)29-17(10)33/h3-8,11-13,18-19,32,41-42H,1-2H2,(H2,22,24,25)(H3,23,28,29,33)/t6-,7-,8+,11-,12-,13-,18-,19-/m1/s1. The molecule has 7 heterocycles. The third-order valence-corrected chi connectivity index (χ3v) is 10.4. The van der Waals surface area contributed by atoms with Gasteiger partial charge in [-0.2, -0.15) is 4.98 Å². The van der Waals surface area contributed by atoms with Gasteiger partial charge in [-0.05, 0) is 0 Å². The highest BCUT2D eigenvalue weighted by Gasteiger charge is 2.51. The number of aromatic amines is 1. The lowest BCUT2D eigenvalue weighted by Crippen LogP contribution is -2.34. The number of hydrogen-bond acceptors (Lipinski definition) is 17. The normalized spacial score (nSPS) is 35.4. The number of nitrogens with two attached hydrogens (primary N) is 2. The summed E-state index contributed by atoms with van der Waals surface area (Å²) in [6, 6.07) is 0. The first-order valence-corrected chi connectivity index (χ1v) is 16.0. The Morgan fingerprint density at radius 1 is 1.00 bits per heavy atom. The predicted octanol–water partition coefficient (Wildman–Crippen LogP) is -0.0691. The molecular formula is C20H23FN10O9P2S. The van der Waals surface area contributed by atoms with Crippen LogP contribution in [0, 0.1) is 0 Å². The number of aliphatic hydroxyl groups is 1. The summed E-state index contributed by atoms with van der Waals surface area (Å²) in [7, 11) is -6.72. The number of ether oxygens (including phenoxy) is 1. The number of thioether (sulfide) groups is 1. The molecule has 0 aliphatic carbocycles. The molecule has 0 amide bonds. The molecule has 3 aliphatic rings. The largest absolute Gasteiger partial charge is 0.389 e. The van der Waals surface area contributed by atoms with E-state index in [4.69, 9.17) is 34.3 Å². The molecule has 43 heavy (non-hydrogen) atoms. The van der Waals surface area contributed by atoms with Crippen LogP contribution in [0.5, 0.6) is 0 Å². The molecule has 6 N–H and O–H groups in total. The van der Waals surface area contributed by atoms with Gasteiger partial charge in [-0.25, -0.2) is 24.3 Å². The zero-order valence-corrected chi connectivity index (χ0v) is 24.4. The van der Waals surface area contributed by atoms with Crippen LogP contribution < -0.4 is 17.0 Å². The fraction of sp³-hybridized carbons (Fsp3) is 0.500. The number of aromatic nitrogens is 8. The molecule has 3 fully saturated rings. The number of imidazole rings is 2. The number of fused-ring (bicyclic) bond motifs is 5. The molecule has 3 aliphatic heterocycles. The summed E-state index contributed by atoms with van der Waals surface area (Å²) in [5, 5.41) is 9.46. The highest BCUT2D eigenvalue weighted by atomic mass is 32.2. The summed E-state index contributed by atoms with van der Waals surface area (Å²) in [4.78, 5) is 34.9. The number of halogens is 1. The van der Waals surface area contributed by atoms with Gasteiger partial charge < -0.3 is 39.4 Å². The lowest BCUT2D eigenvalue weighted by molar-refractivity contribution is -0.0421. The van der Waals surface area contributed by atoms with Crippen molar-refractivity contribution in [1.29, 1.82) is 0 Å². The Hall–Kier alpha value is -3.00. The van der Waals surface area contributed by atoms with E-state index in [1.807, 2.05) is 0 Å². The van der Waals surface area contributed by atoms with Crippen LogP contribution in [0.4, 0.5) is 16.2 Å². The minimum Gasteiger partial charge on any atom is -0.389 e. The van der Waals surface area contributed by atoms with Crippen LogP contribution >= 0.6 is 28.3 Å². The number of rotatable bonds is 2. The van der Waals surface area contributed by atoms with Crippen molar-refractivity contribution >= 4 is 62.4 Å². The Balaban J connectivity index is 1.16. The van der Waals surface area contributed by atoms with Crippen LogP contribution in [0.2, 0.25) is 0 Å². The van der Waals surface area contributed by atoms with Gasteiger partial charge in [0.2, 0.25) is 5.95 Å². The summed E-state index contributed by atoms with van der Waals surface area (Å²) in [6.07, 6.45) is -4.66. The SMILES string of the molecule is Nc1nc2c(ncn2[C@@H]2S[C@@H]3CO[PH](=O)O[C@H]4[C@H](F)[C@H](n5cnc6c(N)ncnc65)O[C@@H]4CO[PH](=O)O[C@@H]2[C@@H]3O)c(=O)[nH]1. The maximum absolute atomic E-state index is 15.8. The van der Waals surface area contributed by atoms with E-state index in [-0.39, 0.29) is 40.7 Å². The van der Waals surface area contributed by atoms with E-state index < -0.39 is 76.1 Å². The van der Waals surface area contributed by atoms with Gasteiger partial charge in [0.15, 0.2) is 35.0 Å². The van der Waals surface area contributed by atoms with E-state index in [0.29, 0.717) is 0 Å². The van der Waals surface area contributed by atoms with Crippen molar-refractivity contribution in [3.63, 3.8) is 0 Å². The van der Waals surface area contributed by atoms with Crippen LogP contribution in [0.3, 0.4) is 0 Å². The number of aliphatic hydroxyl groups excluding tert-OH is 1. The van der Waals surface area contributed by atoms with Crippen molar-refractivity contribution in [2.45, 2.75) is 47.4 Å². The van der Waals surface area contributed by atoms with Gasteiger partial charge in [0.1, 0.15) is 35.5 Å². The molecule has 4 aromatic rings. The van der Waals surface area contributed by atoms with E-state index >= 15 is 4.39 Å². The van der Waals surface area contributed by atoms with Crippen molar-refractivity contribution in [1.82, 2.24) is 39.0 Å². The van der Waals surface area contributed by atoms with Crippen LogP contribution in [0.15, 0.2) is 23.8 Å². The van der Waals surface area contributed by atoms with Crippen molar-refractivity contribution in [3.8, 4) is 0 Å². The quantitative estimate of drug-likeness (QED) is 0.205. The fourth-order valence-electron chi connectivity index (χ4n) is 5.18. The summed E-state index contributed by atoms with van der Waals surface area (Å²) in [5.74, 6) is -0.0821. The average Bonchev–Trinajstić information content (AvgIpc) is 3.72. The van der Waals surface area contributed by atoms with E-state index in [2.05, 4.69) is 29.9 Å². The van der Waals surface area contributed by atoms with Crippen molar-refractivity contribution in [2.75, 3.05) is 24.7 Å². The van der Waals surface area contributed by atoms with Gasteiger partial charge in [0.25, 0.3) is 5.56 Å². The van der Waals surface area contributed by atoms with Crippen LogP contribution in [-0.4, -0.2) is 93.2 Å². The van der Waals surface area contributed by atoms with Gasteiger partial charge in [-0.15, -0.1) is 11.8 Å². The highest BCUT2D eigenvalue weighted by molar-refractivity contribution is 8.00. The molecule has 0 radical (unpaired) electrons. The van der Waals surface area contributed by atoms with E-state index in [1.54, 1.807) is 0 Å². The van der Waals surface area contributed by atoms with E-state index in [0.717, 1.165) is 11.8 Å². The van der Waals surface area contributed by atoms with Gasteiger partial charge in [-0.3, -0.25) is 28.0 Å².